The van der Waals surface area contributed by atoms with Crippen molar-refractivity contribution < 1.29 is 43.5 Å². The van der Waals surface area contributed by atoms with Crippen molar-refractivity contribution in [3.05, 3.63) is 53.6 Å². The molecule has 0 spiro atoms. The highest BCUT2D eigenvalue weighted by Crippen LogP contribution is 2.39. The molecule has 0 fully saturated rings. The van der Waals surface area contributed by atoms with Crippen molar-refractivity contribution >= 4 is 23.3 Å². The molecule has 0 saturated heterocycles. The number of nitrogens with two attached hydrogens (primary N) is 1. The molecule has 0 aliphatic carbocycles. The molecule has 1 heterocycles. The summed E-state index contributed by atoms with van der Waals surface area (Å²) in [6.45, 7) is 3.73. The van der Waals surface area contributed by atoms with Crippen LogP contribution in [0.25, 0.3) is 11.6 Å². The Balaban J connectivity index is 0.00000320. The van der Waals surface area contributed by atoms with Crippen molar-refractivity contribution in [2.75, 3.05) is 34.4 Å². The molecule has 160 valence electrons. The van der Waals surface area contributed by atoms with Gasteiger partial charge in [-0.15, -0.1) is 0 Å². The molecule has 1 aliphatic rings. The van der Waals surface area contributed by atoms with Crippen molar-refractivity contribution in [3.63, 3.8) is 0 Å². The lowest BCUT2D eigenvalue weighted by molar-refractivity contribution is -0.531. The second-order valence-electron chi connectivity index (χ2n) is 6.45. The third-order valence-electron chi connectivity index (χ3n) is 4.56. The number of methoxy groups -OCH3 is 3. The van der Waals surface area contributed by atoms with E-state index in [0.717, 1.165) is 41.5 Å². The number of nitrogens with one attached hydrogen (secondary N) is 1. The van der Waals surface area contributed by atoms with Gasteiger partial charge in [-0.05, 0) is 36.3 Å². The van der Waals surface area contributed by atoms with Crippen molar-refractivity contribution in [3.8, 4) is 17.2 Å². The van der Waals surface area contributed by atoms with Crippen molar-refractivity contribution in [1.29, 1.82) is 0 Å². The molecule has 0 atom stereocenters. The number of nitrogens with zero attached hydrogens (tertiary/aromatic N) is 2. The van der Waals surface area contributed by atoms with E-state index in [0.29, 0.717) is 17.2 Å². The Bertz CT molecular complexity index is 918. The van der Waals surface area contributed by atoms with Crippen LogP contribution in [-0.2, 0) is 0 Å². The number of halogens is 1. The zero-order valence-electron chi connectivity index (χ0n) is 17.6. The first-order valence-corrected chi connectivity index (χ1v) is 9.41. The van der Waals surface area contributed by atoms with Gasteiger partial charge in [-0.3, -0.25) is 5.32 Å². The molecule has 0 amide bonds. The lowest BCUT2D eigenvalue weighted by Crippen LogP contribution is -3.00. The van der Waals surface area contributed by atoms with Crippen LogP contribution in [-0.4, -0.2) is 46.1 Å². The first-order valence-electron chi connectivity index (χ1n) is 9.41. The average molecular weight is 522 g/mol. The van der Waals surface area contributed by atoms with Gasteiger partial charge in [0, 0.05) is 5.57 Å². The zero-order chi connectivity index (χ0) is 20.6. The molecule has 8 heteroatoms. The van der Waals surface area contributed by atoms with E-state index in [9.17, 15) is 0 Å². The molecule has 0 bridgehead atoms. The lowest BCUT2D eigenvalue weighted by Gasteiger charge is -2.14. The summed E-state index contributed by atoms with van der Waals surface area (Å²) >= 11 is 0. The van der Waals surface area contributed by atoms with Crippen LogP contribution in [0.2, 0.25) is 0 Å². The number of aliphatic imine (C=N–C) groups is 1. The fourth-order valence-electron chi connectivity index (χ4n) is 3.10. The van der Waals surface area contributed by atoms with E-state index in [1.165, 1.54) is 0 Å². The summed E-state index contributed by atoms with van der Waals surface area (Å²) in [5.41, 5.74) is 6.84. The molecule has 0 saturated carbocycles. The first kappa shape index (κ1) is 23.7. The molecular weight excluding hydrogens is 495 g/mol. The molecule has 0 radical (unpaired) electrons. The molecule has 1 aliphatic heterocycles. The quantitative estimate of drug-likeness (QED) is 0.215. The number of benzene rings is 2. The van der Waals surface area contributed by atoms with Gasteiger partial charge in [0.25, 0.3) is 0 Å². The van der Waals surface area contributed by atoms with Crippen molar-refractivity contribution in [1.82, 2.24) is 5.43 Å². The number of hydrogen-bond acceptors (Lipinski definition) is 6. The SMILES string of the molecule is COc1cc(/C=C(\C(C)=N\NC2=NCC[NH2+]2)c2ccccc2)cc(OC)c1OC.[I-]. The largest absolute Gasteiger partial charge is 1.00 e. The Morgan fingerprint density at radius 3 is 2.27 bits per heavy atom. The summed E-state index contributed by atoms with van der Waals surface area (Å²) in [5, 5.41) is 6.59. The third kappa shape index (κ3) is 5.73. The highest BCUT2D eigenvalue weighted by atomic mass is 127. The zero-order valence-corrected chi connectivity index (χ0v) is 19.8. The second-order valence-corrected chi connectivity index (χ2v) is 6.45. The summed E-state index contributed by atoms with van der Waals surface area (Å²) in [6, 6.07) is 14.0. The normalized spacial score (nSPS) is 13.9. The molecule has 2 aromatic carbocycles. The van der Waals surface area contributed by atoms with Crippen LogP contribution in [0.5, 0.6) is 17.2 Å². The monoisotopic (exact) mass is 522 g/mol. The summed E-state index contributed by atoms with van der Waals surface area (Å²) in [7, 11) is 4.81. The Kier molecular flexibility index (Phi) is 9.13. The Morgan fingerprint density at radius 2 is 1.73 bits per heavy atom. The predicted molar refractivity (Wildman–Crippen MR) is 116 cm³/mol. The molecule has 2 aromatic rings. The van der Waals surface area contributed by atoms with Crippen LogP contribution in [0.3, 0.4) is 0 Å². The Morgan fingerprint density at radius 1 is 1.07 bits per heavy atom. The van der Waals surface area contributed by atoms with Gasteiger partial charge in [0.05, 0.1) is 33.6 Å². The fraction of sp³-hybridized carbons (Fsp3) is 0.273. The average Bonchev–Trinajstić information content (AvgIpc) is 3.29. The molecule has 0 unspecified atom stereocenters. The highest BCUT2D eigenvalue weighted by Gasteiger charge is 2.14. The molecular formula is C22H27IN4O3. The number of hydrogen-bond donors (Lipinski definition) is 2. The number of guanidine groups is 1. The van der Waals surface area contributed by atoms with Gasteiger partial charge in [0.2, 0.25) is 5.75 Å². The molecule has 0 aromatic heterocycles. The maximum Gasteiger partial charge on any atom is 0.315 e. The number of rotatable bonds is 7. The Labute approximate surface area is 194 Å². The summed E-state index contributed by atoms with van der Waals surface area (Å²) in [6.07, 6.45) is 2.06. The van der Waals surface area contributed by atoms with E-state index >= 15 is 0 Å². The van der Waals surface area contributed by atoms with Crippen LogP contribution in [0.1, 0.15) is 18.1 Å². The molecule has 3 rings (SSSR count). The number of allylic oxidation sites excluding steroid dienone is 1. The minimum absolute atomic E-state index is 0. The van der Waals surface area contributed by atoms with Gasteiger partial charge < -0.3 is 38.2 Å². The van der Waals surface area contributed by atoms with Crippen LogP contribution < -0.4 is 48.9 Å². The lowest BCUT2D eigenvalue weighted by atomic mass is 9.99. The number of hydrazone groups is 1. The minimum atomic E-state index is 0. The van der Waals surface area contributed by atoms with Crippen LogP contribution in [0.15, 0.2) is 52.6 Å². The van der Waals surface area contributed by atoms with Gasteiger partial charge in [-0.2, -0.15) is 5.10 Å². The van der Waals surface area contributed by atoms with E-state index < -0.39 is 0 Å². The van der Waals surface area contributed by atoms with Gasteiger partial charge in [0.1, 0.15) is 6.54 Å². The van der Waals surface area contributed by atoms with E-state index in [-0.39, 0.29) is 24.0 Å². The van der Waals surface area contributed by atoms with Crippen LogP contribution in [0.4, 0.5) is 0 Å². The van der Waals surface area contributed by atoms with E-state index in [2.05, 4.69) is 33.7 Å². The van der Waals surface area contributed by atoms with Crippen molar-refractivity contribution in [2.24, 2.45) is 10.1 Å². The molecule has 3 N–H and O–H groups in total. The van der Waals surface area contributed by atoms with E-state index in [1.807, 2.05) is 42.6 Å². The summed E-state index contributed by atoms with van der Waals surface area (Å²) < 4.78 is 16.4. The maximum atomic E-state index is 5.49. The molecule has 30 heavy (non-hydrogen) atoms. The number of ether oxygens (including phenoxy) is 3. The van der Waals surface area contributed by atoms with Crippen LogP contribution in [0, 0.1) is 0 Å². The number of quaternary nitrogens is 1. The van der Waals surface area contributed by atoms with Gasteiger partial charge in [-0.25, -0.2) is 10.4 Å². The summed E-state index contributed by atoms with van der Waals surface area (Å²) in [5.74, 6) is 2.58. The van der Waals surface area contributed by atoms with Crippen molar-refractivity contribution in [2.45, 2.75) is 6.92 Å². The molecule has 7 nitrogen and oxygen atoms in total. The van der Waals surface area contributed by atoms with Crippen LogP contribution >= 0.6 is 0 Å². The van der Waals surface area contributed by atoms with Gasteiger partial charge in [0.15, 0.2) is 11.5 Å². The smallest absolute Gasteiger partial charge is 0.315 e. The van der Waals surface area contributed by atoms with Gasteiger partial charge >= 0.3 is 5.96 Å². The Hall–Kier alpha value is -2.59. The summed E-state index contributed by atoms with van der Waals surface area (Å²) in [4.78, 5) is 4.36. The fourth-order valence-corrected chi connectivity index (χ4v) is 3.10. The van der Waals surface area contributed by atoms with Gasteiger partial charge in [-0.1, -0.05) is 30.3 Å². The highest BCUT2D eigenvalue weighted by molar-refractivity contribution is 6.27. The predicted octanol–water partition coefficient (Wildman–Crippen LogP) is -0.844. The minimum Gasteiger partial charge on any atom is -1.00 e. The first-order chi connectivity index (χ1) is 14.2. The topological polar surface area (TPSA) is 81.0 Å². The second kappa shape index (κ2) is 11.6. The third-order valence-corrected chi connectivity index (χ3v) is 4.56. The maximum absolute atomic E-state index is 5.49. The standard InChI is InChI=1S/C22H26N4O3.HI/c1-15(25-26-22-23-10-11-24-22)18(17-8-6-5-7-9-17)12-16-13-19(27-2)21(29-4)20(14-16)28-3;/h5-9,12-14H,10-11H2,1-4H3,(H2,23,24,26);1H/b18-12+,25-15+;. The van der Waals surface area contributed by atoms with E-state index in [1.54, 1.807) is 21.3 Å². The van der Waals surface area contributed by atoms with E-state index in [4.69, 9.17) is 14.2 Å².